The molecule has 3 heterocycles. The van der Waals surface area contributed by atoms with Gasteiger partial charge in [0.25, 0.3) is 11.5 Å². The second-order valence-corrected chi connectivity index (χ2v) is 8.23. The maximum absolute atomic E-state index is 13.3. The Morgan fingerprint density at radius 2 is 1.71 bits per heavy atom. The van der Waals surface area contributed by atoms with Crippen LogP contribution < -0.4 is 16.4 Å². The number of benzene rings is 2. The van der Waals surface area contributed by atoms with Crippen LogP contribution in [-0.4, -0.2) is 19.9 Å². The number of hydrogen-bond donors (Lipinski definition) is 2. The molecule has 168 valence electrons. The lowest BCUT2D eigenvalue weighted by Gasteiger charge is -2.15. The van der Waals surface area contributed by atoms with Crippen LogP contribution >= 0.6 is 0 Å². The molecule has 0 aliphatic heterocycles. The molecule has 5 aromatic rings. The van der Waals surface area contributed by atoms with Gasteiger partial charge in [-0.25, -0.2) is 4.98 Å². The minimum Gasteiger partial charge on any atom is -0.348 e. The summed E-state index contributed by atoms with van der Waals surface area (Å²) < 4.78 is 3.08. The predicted molar refractivity (Wildman–Crippen MR) is 131 cm³/mol. The van der Waals surface area contributed by atoms with E-state index in [9.17, 15) is 9.59 Å². The Labute approximate surface area is 195 Å². The zero-order chi connectivity index (χ0) is 23.7. The fourth-order valence-corrected chi connectivity index (χ4v) is 3.96. The van der Waals surface area contributed by atoms with E-state index in [4.69, 9.17) is 5.41 Å². The standard InChI is InChI=1S/C27H23N5O2/c1-18-10-12-19(13-11-18)16-29-26(33)21-15-22-25(30-23-9-5-6-14-31(23)27(22)34)32(24(21)28)17-20-7-3-2-4-8-20/h2-15,28H,16-17H2,1H3,(H,29,33). The lowest BCUT2D eigenvalue weighted by molar-refractivity contribution is 0.0948. The first-order valence-corrected chi connectivity index (χ1v) is 11.0. The Balaban J connectivity index is 1.64. The Morgan fingerprint density at radius 3 is 2.47 bits per heavy atom. The second kappa shape index (κ2) is 8.78. The van der Waals surface area contributed by atoms with Crippen LogP contribution in [0.4, 0.5) is 0 Å². The fraction of sp³-hybridized carbons (Fsp3) is 0.111. The van der Waals surface area contributed by atoms with Gasteiger partial charge in [0.2, 0.25) is 0 Å². The Hall–Kier alpha value is -4.52. The molecule has 3 aromatic heterocycles. The topological polar surface area (TPSA) is 92.2 Å². The third-order valence-electron chi connectivity index (χ3n) is 5.82. The van der Waals surface area contributed by atoms with Crippen molar-refractivity contribution < 1.29 is 4.79 Å². The predicted octanol–water partition coefficient (Wildman–Crippen LogP) is 3.42. The van der Waals surface area contributed by atoms with Gasteiger partial charge in [0, 0.05) is 12.7 Å². The fourth-order valence-electron chi connectivity index (χ4n) is 3.96. The maximum Gasteiger partial charge on any atom is 0.267 e. The number of aromatic nitrogens is 3. The lowest BCUT2D eigenvalue weighted by atomic mass is 10.1. The minimum absolute atomic E-state index is 0.00457. The van der Waals surface area contributed by atoms with Gasteiger partial charge in [0.1, 0.15) is 16.8 Å². The molecule has 0 unspecified atom stereocenters. The van der Waals surface area contributed by atoms with Gasteiger partial charge in [0.05, 0.1) is 17.5 Å². The number of fused-ring (bicyclic) bond motifs is 2. The van der Waals surface area contributed by atoms with Crippen molar-refractivity contribution in [2.24, 2.45) is 0 Å². The third kappa shape index (κ3) is 3.99. The van der Waals surface area contributed by atoms with Crippen molar-refractivity contribution in [2.75, 3.05) is 0 Å². The van der Waals surface area contributed by atoms with Gasteiger partial charge in [-0.05, 0) is 36.2 Å². The van der Waals surface area contributed by atoms with Crippen molar-refractivity contribution in [1.29, 1.82) is 5.41 Å². The van der Waals surface area contributed by atoms with Crippen molar-refractivity contribution in [3.8, 4) is 0 Å². The summed E-state index contributed by atoms with van der Waals surface area (Å²) in [5.74, 6) is -0.410. The van der Waals surface area contributed by atoms with E-state index >= 15 is 0 Å². The van der Waals surface area contributed by atoms with Gasteiger partial charge >= 0.3 is 0 Å². The summed E-state index contributed by atoms with van der Waals surface area (Å²) >= 11 is 0. The third-order valence-corrected chi connectivity index (χ3v) is 5.82. The van der Waals surface area contributed by atoms with E-state index in [2.05, 4.69) is 10.3 Å². The molecule has 0 saturated heterocycles. The van der Waals surface area contributed by atoms with Crippen LogP contribution in [0.3, 0.4) is 0 Å². The summed E-state index contributed by atoms with van der Waals surface area (Å²) in [7, 11) is 0. The summed E-state index contributed by atoms with van der Waals surface area (Å²) in [5.41, 5.74) is 3.74. The van der Waals surface area contributed by atoms with E-state index in [1.54, 1.807) is 22.9 Å². The van der Waals surface area contributed by atoms with E-state index in [0.29, 0.717) is 24.4 Å². The molecular weight excluding hydrogens is 426 g/mol. The molecule has 0 aliphatic carbocycles. The smallest absolute Gasteiger partial charge is 0.267 e. The molecule has 0 radical (unpaired) electrons. The molecule has 2 N–H and O–H groups in total. The number of carbonyl (C=O) groups excluding carboxylic acids is 1. The quantitative estimate of drug-likeness (QED) is 0.403. The van der Waals surface area contributed by atoms with Crippen molar-refractivity contribution in [3.63, 3.8) is 0 Å². The molecule has 7 nitrogen and oxygen atoms in total. The van der Waals surface area contributed by atoms with Crippen molar-refractivity contribution in [2.45, 2.75) is 20.0 Å². The molecule has 2 aromatic carbocycles. The molecular formula is C27H23N5O2. The molecule has 0 aliphatic rings. The summed E-state index contributed by atoms with van der Waals surface area (Å²) in [6.07, 6.45) is 1.65. The number of carbonyl (C=O) groups is 1. The molecule has 0 saturated carbocycles. The lowest BCUT2D eigenvalue weighted by Crippen LogP contribution is -2.35. The Bertz CT molecular complexity index is 1630. The number of amides is 1. The zero-order valence-corrected chi connectivity index (χ0v) is 18.7. The largest absolute Gasteiger partial charge is 0.348 e. The SMILES string of the molecule is Cc1ccc(CNC(=O)c2cc3c(=O)n4ccccc4nc3n(Cc3ccccc3)c2=N)cc1. The summed E-state index contributed by atoms with van der Waals surface area (Å²) in [6.45, 7) is 2.64. The van der Waals surface area contributed by atoms with Crippen LogP contribution in [0.25, 0.3) is 16.7 Å². The molecule has 0 fully saturated rings. The highest BCUT2D eigenvalue weighted by molar-refractivity contribution is 5.96. The first-order valence-electron chi connectivity index (χ1n) is 11.0. The van der Waals surface area contributed by atoms with Crippen LogP contribution in [0.15, 0.2) is 89.9 Å². The van der Waals surface area contributed by atoms with E-state index in [1.807, 2.05) is 67.6 Å². The van der Waals surface area contributed by atoms with Gasteiger partial charge in [-0.2, -0.15) is 0 Å². The van der Waals surface area contributed by atoms with Crippen molar-refractivity contribution >= 4 is 22.6 Å². The van der Waals surface area contributed by atoms with E-state index in [-0.39, 0.29) is 22.0 Å². The Kier molecular flexibility index (Phi) is 5.51. The molecule has 0 bridgehead atoms. The highest BCUT2D eigenvalue weighted by Crippen LogP contribution is 2.13. The Morgan fingerprint density at radius 1 is 0.971 bits per heavy atom. The van der Waals surface area contributed by atoms with Crippen molar-refractivity contribution in [1.82, 2.24) is 19.3 Å². The van der Waals surface area contributed by atoms with Crippen LogP contribution in [0.2, 0.25) is 0 Å². The number of aryl methyl sites for hydroxylation is 1. The van der Waals surface area contributed by atoms with Gasteiger partial charge in [0.15, 0.2) is 0 Å². The highest BCUT2D eigenvalue weighted by Gasteiger charge is 2.17. The van der Waals surface area contributed by atoms with Crippen LogP contribution in [-0.2, 0) is 13.1 Å². The average molecular weight is 450 g/mol. The van der Waals surface area contributed by atoms with Crippen molar-refractivity contribution in [3.05, 3.63) is 123 Å². The van der Waals surface area contributed by atoms with Crippen LogP contribution in [0.5, 0.6) is 0 Å². The number of rotatable bonds is 5. The number of hydrogen-bond acceptors (Lipinski definition) is 4. The zero-order valence-electron chi connectivity index (χ0n) is 18.7. The van der Waals surface area contributed by atoms with E-state index < -0.39 is 5.91 Å². The number of nitrogens with one attached hydrogen (secondary N) is 2. The average Bonchev–Trinajstić information content (AvgIpc) is 2.86. The molecule has 7 heteroatoms. The molecule has 5 rings (SSSR count). The van der Waals surface area contributed by atoms with Gasteiger partial charge in [-0.3, -0.25) is 19.4 Å². The van der Waals surface area contributed by atoms with Crippen LogP contribution in [0.1, 0.15) is 27.0 Å². The van der Waals surface area contributed by atoms with Crippen LogP contribution in [0, 0.1) is 12.3 Å². The number of pyridine rings is 2. The second-order valence-electron chi connectivity index (χ2n) is 8.23. The summed E-state index contributed by atoms with van der Waals surface area (Å²) in [5, 5.41) is 12.0. The first-order chi connectivity index (χ1) is 16.5. The molecule has 1 amide bonds. The van der Waals surface area contributed by atoms with Gasteiger partial charge in [-0.15, -0.1) is 0 Å². The van der Waals surface area contributed by atoms with Gasteiger partial charge in [-0.1, -0.05) is 66.2 Å². The first kappa shape index (κ1) is 21.3. The normalized spacial score (nSPS) is 11.1. The summed E-state index contributed by atoms with van der Waals surface area (Å²) in [6, 6.07) is 24.3. The van der Waals surface area contributed by atoms with Gasteiger partial charge < -0.3 is 9.88 Å². The maximum atomic E-state index is 13.3. The van der Waals surface area contributed by atoms with E-state index in [1.165, 1.54) is 10.5 Å². The number of nitrogens with zero attached hydrogens (tertiary/aromatic N) is 3. The van der Waals surface area contributed by atoms with E-state index in [0.717, 1.165) is 16.7 Å². The molecule has 0 atom stereocenters. The minimum atomic E-state index is -0.410. The highest BCUT2D eigenvalue weighted by atomic mass is 16.1. The monoisotopic (exact) mass is 449 g/mol. The summed E-state index contributed by atoms with van der Waals surface area (Å²) in [4.78, 5) is 31.1. The molecule has 0 spiro atoms. The molecule has 34 heavy (non-hydrogen) atoms.